The number of benzene rings is 1. The van der Waals surface area contributed by atoms with Gasteiger partial charge in [0.25, 0.3) is 5.56 Å². The fourth-order valence-corrected chi connectivity index (χ4v) is 4.38. The molecule has 1 aliphatic rings. The molecule has 0 radical (unpaired) electrons. The summed E-state index contributed by atoms with van der Waals surface area (Å²) >= 11 is 0. The fourth-order valence-electron chi connectivity index (χ4n) is 4.38. The van der Waals surface area contributed by atoms with E-state index >= 15 is 0 Å². The van der Waals surface area contributed by atoms with Crippen molar-refractivity contribution in [1.29, 1.82) is 0 Å². The quantitative estimate of drug-likeness (QED) is 0.536. The van der Waals surface area contributed by atoms with Gasteiger partial charge < -0.3 is 15.2 Å². The van der Waals surface area contributed by atoms with Gasteiger partial charge in [-0.05, 0) is 62.0 Å². The van der Waals surface area contributed by atoms with Crippen molar-refractivity contribution in [2.45, 2.75) is 33.2 Å². The molecule has 1 fully saturated rings. The number of anilines is 1. The standard InChI is InChI=1S/C23H24N6O2/c1-13-8-19(27-29-12-14(2)25-22(13)29)17-9-16-5-7-28(18-4-6-24-11-18)23(31)21(16)20(10-17)26-15(3)30/h5,7-10,12,18,24H,4,6,11H2,1-3H3,(H,26,30)/t18-/m0/s1. The lowest BCUT2D eigenvalue weighted by molar-refractivity contribution is -0.114. The fraction of sp³-hybridized carbons (Fsp3) is 0.304. The van der Waals surface area contributed by atoms with E-state index in [0.717, 1.165) is 53.1 Å². The number of rotatable bonds is 3. The van der Waals surface area contributed by atoms with Crippen LogP contribution in [0.1, 0.15) is 30.6 Å². The molecular formula is C23H24N6O2. The maximum absolute atomic E-state index is 13.4. The van der Waals surface area contributed by atoms with E-state index in [1.165, 1.54) is 6.92 Å². The number of nitrogens with zero attached hydrogens (tertiary/aromatic N) is 4. The lowest BCUT2D eigenvalue weighted by atomic mass is 10.0. The number of nitrogens with one attached hydrogen (secondary N) is 2. The summed E-state index contributed by atoms with van der Waals surface area (Å²) in [4.78, 5) is 29.8. The molecule has 1 saturated heterocycles. The van der Waals surface area contributed by atoms with Gasteiger partial charge in [0.1, 0.15) is 0 Å². The second-order valence-corrected chi connectivity index (χ2v) is 8.21. The highest BCUT2D eigenvalue weighted by Crippen LogP contribution is 2.30. The minimum Gasteiger partial charge on any atom is -0.326 e. The summed E-state index contributed by atoms with van der Waals surface area (Å²) in [5, 5.41) is 12.2. The Labute approximate surface area is 178 Å². The van der Waals surface area contributed by atoms with Gasteiger partial charge in [-0.25, -0.2) is 9.50 Å². The molecule has 31 heavy (non-hydrogen) atoms. The number of amides is 1. The molecule has 1 amide bonds. The second kappa shape index (κ2) is 7.31. The number of fused-ring (bicyclic) bond motifs is 2. The number of pyridine rings is 1. The molecule has 158 valence electrons. The maximum atomic E-state index is 13.4. The first-order valence-electron chi connectivity index (χ1n) is 10.4. The molecule has 3 aromatic heterocycles. The lowest BCUT2D eigenvalue weighted by Crippen LogP contribution is -2.26. The maximum Gasteiger partial charge on any atom is 0.260 e. The average Bonchev–Trinajstić information content (AvgIpc) is 3.37. The molecule has 0 spiro atoms. The Morgan fingerprint density at radius 3 is 2.84 bits per heavy atom. The SMILES string of the molecule is CC(=O)Nc1cc(-c2cc(C)c3nc(C)cn3n2)cc2ccn([C@H]3CCNC3)c(=O)c12. The molecule has 0 saturated carbocycles. The molecule has 0 bridgehead atoms. The van der Waals surface area contributed by atoms with Crippen LogP contribution < -0.4 is 16.2 Å². The third kappa shape index (κ3) is 3.38. The summed E-state index contributed by atoms with van der Waals surface area (Å²) in [7, 11) is 0. The van der Waals surface area contributed by atoms with E-state index in [1.807, 2.05) is 50.5 Å². The van der Waals surface area contributed by atoms with Crippen molar-refractivity contribution in [1.82, 2.24) is 24.5 Å². The van der Waals surface area contributed by atoms with E-state index in [4.69, 9.17) is 5.10 Å². The van der Waals surface area contributed by atoms with Crippen LogP contribution in [0.3, 0.4) is 0 Å². The molecule has 8 nitrogen and oxygen atoms in total. The Kier molecular flexibility index (Phi) is 4.59. The number of aryl methyl sites for hydroxylation is 2. The summed E-state index contributed by atoms with van der Waals surface area (Å²) in [6.45, 7) is 7.05. The van der Waals surface area contributed by atoms with E-state index in [2.05, 4.69) is 15.6 Å². The van der Waals surface area contributed by atoms with E-state index in [-0.39, 0.29) is 17.5 Å². The molecule has 2 N–H and O–H groups in total. The normalized spacial score (nSPS) is 16.3. The highest BCUT2D eigenvalue weighted by atomic mass is 16.1. The largest absolute Gasteiger partial charge is 0.326 e. The van der Waals surface area contributed by atoms with Gasteiger partial charge in [0.15, 0.2) is 5.65 Å². The van der Waals surface area contributed by atoms with E-state index < -0.39 is 0 Å². The first-order valence-corrected chi connectivity index (χ1v) is 10.4. The Balaban J connectivity index is 1.72. The smallest absolute Gasteiger partial charge is 0.260 e. The van der Waals surface area contributed by atoms with Crippen LogP contribution in [0.15, 0.2) is 41.5 Å². The summed E-state index contributed by atoms with van der Waals surface area (Å²) < 4.78 is 3.55. The zero-order valence-electron chi connectivity index (χ0n) is 17.8. The van der Waals surface area contributed by atoms with Gasteiger partial charge >= 0.3 is 0 Å². The van der Waals surface area contributed by atoms with Crippen LogP contribution in [-0.4, -0.2) is 38.2 Å². The minimum absolute atomic E-state index is 0.0914. The minimum atomic E-state index is -0.222. The van der Waals surface area contributed by atoms with Gasteiger partial charge in [0, 0.05) is 25.2 Å². The predicted molar refractivity (Wildman–Crippen MR) is 120 cm³/mol. The highest BCUT2D eigenvalue weighted by Gasteiger charge is 2.20. The Bertz CT molecular complexity index is 1390. The van der Waals surface area contributed by atoms with E-state index in [0.29, 0.717) is 11.1 Å². The van der Waals surface area contributed by atoms with Crippen LogP contribution in [0.2, 0.25) is 0 Å². The van der Waals surface area contributed by atoms with Crippen LogP contribution in [-0.2, 0) is 4.79 Å². The Morgan fingerprint density at radius 1 is 1.26 bits per heavy atom. The third-order valence-electron chi connectivity index (χ3n) is 5.80. The number of carbonyl (C=O) groups excluding carboxylic acids is 1. The van der Waals surface area contributed by atoms with Gasteiger partial charge in [0.05, 0.1) is 34.7 Å². The summed E-state index contributed by atoms with van der Waals surface area (Å²) in [6, 6.07) is 7.83. The number of aromatic nitrogens is 4. The molecule has 4 aromatic rings. The molecule has 0 aliphatic carbocycles. The highest BCUT2D eigenvalue weighted by molar-refractivity contribution is 6.03. The van der Waals surface area contributed by atoms with Gasteiger partial charge in [-0.15, -0.1) is 0 Å². The molecule has 8 heteroatoms. The van der Waals surface area contributed by atoms with Crippen LogP contribution in [0.25, 0.3) is 27.7 Å². The number of hydrogen-bond donors (Lipinski definition) is 2. The molecule has 1 aromatic carbocycles. The van der Waals surface area contributed by atoms with Crippen LogP contribution in [0, 0.1) is 13.8 Å². The van der Waals surface area contributed by atoms with Crippen LogP contribution in [0.4, 0.5) is 5.69 Å². The number of imidazole rings is 1. The van der Waals surface area contributed by atoms with Crippen molar-refractivity contribution in [2.75, 3.05) is 18.4 Å². The molecule has 1 atom stereocenters. The van der Waals surface area contributed by atoms with E-state index in [9.17, 15) is 9.59 Å². The van der Waals surface area contributed by atoms with Crippen molar-refractivity contribution in [3.05, 3.63) is 58.3 Å². The molecule has 1 aliphatic heterocycles. The Hall–Kier alpha value is -3.52. The summed E-state index contributed by atoms with van der Waals surface area (Å²) in [5.74, 6) is -0.222. The molecule has 5 rings (SSSR count). The van der Waals surface area contributed by atoms with Crippen molar-refractivity contribution in [3.8, 4) is 11.3 Å². The third-order valence-corrected chi connectivity index (χ3v) is 5.80. The van der Waals surface area contributed by atoms with Crippen LogP contribution in [0.5, 0.6) is 0 Å². The summed E-state index contributed by atoms with van der Waals surface area (Å²) in [6.07, 6.45) is 4.65. The van der Waals surface area contributed by atoms with Crippen molar-refractivity contribution in [3.63, 3.8) is 0 Å². The van der Waals surface area contributed by atoms with Crippen molar-refractivity contribution in [2.24, 2.45) is 0 Å². The second-order valence-electron chi connectivity index (χ2n) is 8.21. The zero-order chi connectivity index (χ0) is 21.7. The lowest BCUT2D eigenvalue weighted by Gasteiger charge is -2.16. The average molecular weight is 416 g/mol. The molecular weight excluding hydrogens is 392 g/mol. The first-order chi connectivity index (χ1) is 14.9. The Morgan fingerprint density at radius 2 is 2.10 bits per heavy atom. The zero-order valence-corrected chi connectivity index (χ0v) is 17.8. The van der Waals surface area contributed by atoms with Gasteiger partial charge in [-0.3, -0.25) is 9.59 Å². The summed E-state index contributed by atoms with van der Waals surface area (Å²) in [5.41, 5.74) is 4.71. The van der Waals surface area contributed by atoms with Crippen LogP contribution >= 0.6 is 0 Å². The monoisotopic (exact) mass is 416 g/mol. The number of hydrogen-bond acceptors (Lipinski definition) is 5. The van der Waals surface area contributed by atoms with Gasteiger partial charge in [-0.2, -0.15) is 5.10 Å². The van der Waals surface area contributed by atoms with E-state index in [1.54, 1.807) is 9.08 Å². The first kappa shape index (κ1) is 19.4. The van der Waals surface area contributed by atoms with Gasteiger partial charge in [-0.1, -0.05) is 0 Å². The predicted octanol–water partition coefficient (Wildman–Crippen LogP) is 2.82. The molecule has 4 heterocycles. The van der Waals surface area contributed by atoms with Crippen molar-refractivity contribution >= 4 is 28.0 Å². The molecule has 0 unspecified atom stereocenters. The topological polar surface area (TPSA) is 93.3 Å². The van der Waals surface area contributed by atoms with Gasteiger partial charge in [0.2, 0.25) is 5.91 Å². The van der Waals surface area contributed by atoms with Crippen molar-refractivity contribution < 1.29 is 4.79 Å². The number of carbonyl (C=O) groups is 1.